The quantitative estimate of drug-likeness (QED) is 0.552. The summed E-state index contributed by atoms with van der Waals surface area (Å²) < 4.78 is 17.6. The van der Waals surface area contributed by atoms with Gasteiger partial charge in [0.1, 0.15) is 5.75 Å². The van der Waals surface area contributed by atoms with Crippen molar-refractivity contribution in [2.24, 2.45) is 4.99 Å². The van der Waals surface area contributed by atoms with Crippen LogP contribution < -0.4 is 15.4 Å². The zero-order valence-electron chi connectivity index (χ0n) is 15.6. The van der Waals surface area contributed by atoms with Gasteiger partial charge in [0.25, 0.3) is 0 Å². The average molecular weight is 374 g/mol. The minimum absolute atomic E-state index is 0.573. The molecule has 6 heteroatoms. The fraction of sp³-hybridized carbons (Fsp3) is 0.350. The summed E-state index contributed by atoms with van der Waals surface area (Å²) in [6, 6.07) is 16.0. The van der Waals surface area contributed by atoms with E-state index in [1.165, 1.54) is 0 Å². The van der Waals surface area contributed by atoms with Gasteiger partial charge in [-0.25, -0.2) is 0 Å². The molecule has 0 spiro atoms. The van der Waals surface area contributed by atoms with Gasteiger partial charge in [-0.1, -0.05) is 42.5 Å². The Balaban J connectivity index is 1.77. The van der Waals surface area contributed by atoms with Gasteiger partial charge < -0.3 is 15.4 Å². The predicted molar refractivity (Wildman–Crippen MR) is 109 cm³/mol. The number of methoxy groups -OCH3 is 1. The van der Waals surface area contributed by atoms with E-state index in [1.807, 2.05) is 49.4 Å². The van der Waals surface area contributed by atoms with E-state index in [-0.39, 0.29) is 0 Å². The zero-order chi connectivity index (χ0) is 18.8. The van der Waals surface area contributed by atoms with Crippen molar-refractivity contribution < 1.29 is 8.95 Å². The monoisotopic (exact) mass is 373 g/mol. The molecule has 0 aliphatic carbocycles. The second-order valence-corrected chi connectivity index (χ2v) is 7.52. The topological polar surface area (TPSA) is 62.7 Å². The molecule has 0 heterocycles. The lowest BCUT2D eigenvalue weighted by Crippen LogP contribution is -2.38. The summed E-state index contributed by atoms with van der Waals surface area (Å²) in [5, 5.41) is 6.47. The first-order valence-corrected chi connectivity index (χ1v) is 10.1. The Morgan fingerprint density at radius 3 is 2.62 bits per heavy atom. The van der Waals surface area contributed by atoms with Gasteiger partial charge in [-0.05, 0) is 24.1 Å². The van der Waals surface area contributed by atoms with Crippen LogP contribution in [0.15, 0.2) is 53.5 Å². The third kappa shape index (κ3) is 6.52. The van der Waals surface area contributed by atoms with E-state index in [0.29, 0.717) is 30.6 Å². The Labute approximate surface area is 158 Å². The van der Waals surface area contributed by atoms with Gasteiger partial charge in [-0.3, -0.25) is 9.20 Å². The van der Waals surface area contributed by atoms with Crippen LogP contribution in [-0.4, -0.2) is 36.6 Å². The van der Waals surface area contributed by atoms with Gasteiger partial charge in [0.05, 0.1) is 7.11 Å². The minimum atomic E-state index is -0.902. The molecular weight excluding hydrogens is 346 g/mol. The molecule has 0 fully saturated rings. The summed E-state index contributed by atoms with van der Waals surface area (Å²) in [7, 11) is 2.50. The molecule has 2 N–H and O–H groups in total. The molecule has 0 aromatic heterocycles. The number of rotatable bonds is 8. The first kappa shape index (κ1) is 20.0. The fourth-order valence-corrected chi connectivity index (χ4v) is 3.55. The van der Waals surface area contributed by atoms with Crippen LogP contribution in [0.2, 0.25) is 0 Å². The Kier molecular flexibility index (Phi) is 8.15. The Morgan fingerprint density at radius 1 is 1.15 bits per heavy atom. The van der Waals surface area contributed by atoms with Gasteiger partial charge >= 0.3 is 0 Å². The molecule has 1 atom stereocenters. The van der Waals surface area contributed by atoms with Crippen molar-refractivity contribution in [2.45, 2.75) is 19.2 Å². The zero-order valence-corrected chi connectivity index (χ0v) is 16.4. The van der Waals surface area contributed by atoms with Gasteiger partial charge in [-0.2, -0.15) is 0 Å². The number of nitrogens with one attached hydrogen (secondary N) is 2. The summed E-state index contributed by atoms with van der Waals surface area (Å²) in [4.78, 5) is 4.21. The standard InChI is InChI=1S/C20H27N3O2S/c1-16-9-10-18(19(13-16)25-3)14-23-20(21-2)22-11-12-26(24)15-17-7-5-4-6-8-17/h4-10,13H,11-12,14-15H2,1-3H3,(H2,21,22,23). The van der Waals surface area contributed by atoms with Gasteiger partial charge in [0, 0.05) is 48.0 Å². The highest BCUT2D eigenvalue weighted by Crippen LogP contribution is 2.19. The van der Waals surface area contributed by atoms with Gasteiger partial charge in [0.2, 0.25) is 0 Å². The van der Waals surface area contributed by atoms with E-state index in [0.717, 1.165) is 22.4 Å². The van der Waals surface area contributed by atoms with E-state index in [4.69, 9.17) is 4.74 Å². The number of aryl methyl sites for hydroxylation is 1. The molecule has 140 valence electrons. The number of nitrogens with zero attached hydrogens (tertiary/aromatic N) is 1. The molecule has 2 aromatic rings. The van der Waals surface area contributed by atoms with Crippen LogP contribution in [0.3, 0.4) is 0 Å². The molecule has 0 aliphatic heterocycles. The SMILES string of the molecule is CN=C(NCCS(=O)Cc1ccccc1)NCc1ccc(C)cc1OC. The second kappa shape index (κ2) is 10.6. The second-order valence-electron chi connectivity index (χ2n) is 5.94. The number of hydrogen-bond donors (Lipinski definition) is 2. The molecule has 0 radical (unpaired) electrons. The van der Waals surface area contributed by atoms with Crippen molar-refractivity contribution in [3.63, 3.8) is 0 Å². The van der Waals surface area contributed by atoms with Crippen LogP contribution in [0.1, 0.15) is 16.7 Å². The number of aliphatic imine (C=N–C) groups is 1. The molecule has 2 aromatic carbocycles. The lowest BCUT2D eigenvalue weighted by atomic mass is 10.1. The maximum atomic E-state index is 12.2. The molecule has 26 heavy (non-hydrogen) atoms. The molecule has 0 saturated carbocycles. The van der Waals surface area contributed by atoms with Crippen LogP contribution in [-0.2, 0) is 23.1 Å². The van der Waals surface area contributed by atoms with Gasteiger partial charge in [0.15, 0.2) is 5.96 Å². The first-order valence-electron chi connectivity index (χ1n) is 8.59. The summed E-state index contributed by atoms with van der Waals surface area (Å²) in [6.45, 7) is 3.25. The average Bonchev–Trinajstić information content (AvgIpc) is 2.66. The van der Waals surface area contributed by atoms with E-state index in [1.54, 1.807) is 14.2 Å². The predicted octanol–water partition coefficient (Wildman–Crippen LogP) is 2.62. The van der Waals surface area contributed by atoms with Crippen molar-refractivity contribution >= 4 is 16.8 Å². The smallest absolute Gasteiger partial charge is 0.191 e. The highest BCUT2D eigenvalue weighted by atomic mass is 32.2. The van der Waals surface area contributed by atoms with Gasteiger partial charge in [-0.15, -0.1) is 0 Å². The third-order valence-corrected chi connectivity index (χ3v) is 5.22. The van der Waals surface area contributed by atoms with E-state index < -0.39 is 10.8 Å². The number of hydrogen-bond acceptors (Lipinski definition) is 3. The number of guanidine groups is 1. The van der Waals surface area contributed by atoms with Crippen molar-refractivity contribution in [2.75, 3.05) is 26.5 Å². The molecule has 5 nitrogen and oxygen atoms in total. The van der Waals surface area contributed by atoms with Crippen LogP contribution in [0, 0.1) is 6.92 Å². The largest absolute Gasteiger partial charge is 0.496 e. The van der Waals surface area contributed by atoms with Crippen LogP contribution >= 0.6 is 0 Å². The van der Waals surface area contributed by atoms with E-state index in [2.05, 4.69) is 21.7 Å². The molecular formula is C20H27N3O2S. The van der Waals surface area contributed by atoms with Crippen LogP contribution in [0.4, 0.5) is 0 Å². The number of benzene rings is 2. The number of ether oxygens (including phenoxy) is 1. The Morgan fingerprint density at radius 2 is 1.92 bits per heavy atom. The summed E-state index contributed by atoms with van der Waals surface area (Å²) >= 11 is 0. The van der Waals surface area contributed by atoms with Crippen molar-refractivity contribution in [3.8, 4) is 5.75 Å². The fourth-order valence-electron chi connectivity index (χ4n) is 2.51. The van der Waals surface area contributed by atoms with Crippen molar-refractivity contribution in [1.82, 2.24) is 10.6 Å². The van der Waals surface area contributed by atoms with E-state index in [9.17, 15) is 4.21 Å². The Hall–Kier alpha value is -2.34. The summed E-state index contributed by atoms with van der Waals surface area (Å²) in [6.07, 6.45) is 0. The van der Waals surface area contributed by atoms with Crippen LogP contribution in [0.5, 0.6) is 5.75 Å². The highest BCUT2D eigenvalue weighted by molar-refractivity contribution is 7.84. The first-order chi connectivity index (χ1) is 12.6. The summed E-state index contributed by atoms with van der Waals surface area (Å²) in [5.41, 5.74) is 3.32. The minimum Gasteiger partial charge on any atom is -0.496 e. The van der Waals surface area contributed by atoms with Crippen LogP contribution in [0.25, 0.3) is 0 Å². The molecule has 2 rings (SSSR count). The lowest BCUT2D eigenvalue weighted by Gasteiger charge is -2.14. The maximum Gasteiger partial charge on any atom is 0.191 e. The molecule has 0 amide bonds. The normalized spacial score (nSPS) is 12.5. The molecule has 1 unspecified atom stereocenters. The van der Waals surface area contributed by atoms with Crippen molar-refractivity contribution in [1.29, 1.82) is 0 Å². The third-order valence-electron chi connectivity index (χ3n) is 3.91. The molecule has 0 saturated heterocycles. The maximum absolute atomic E-state index is 12.2. The highest BCUT2D eigenvalue weighted by Gasteiger charge is 2.06. The van der Waals surface area contributed by atoms with Crippen molar-refractivity contribution in [3.05, 3.63) is 65.2 Å². The van der Waals surface area contributed by atoms with E-state index >= 15 is 0 Å². The Bertz CT molecular complexity index is 748. The lowest BCUT2D eigenvalue weighted by molar-refractivity contribution is 0.408. The summed E-state index contributed by atoms with van der Waals surface area (Å²) in [5.74, 6) is 2.69. The molecule has 0 bridgehead atoms. The molecule has 0 aliphatic rings.